The van der Waals surface area contributed by atoms with Crippen LogP contribution < -0.4 is 4.74 Å². The lowest BCUT2D eigenvalue weighted by atomic mass is 9.98. The monoisotopic (exact) mass is 422 g/mol. The predicted molar refractivity (Wildman–Crippen MR) is 117 cm³/mol. The van der Waals surface area contributed by atoms with Crippen molar-refractivity contribution in [1.29, 1.82) is 0 Å². The van der Waals surface area contributed by atoms with Crippen molar-refractivity contribution in [2.75, 3.05) is 26.7 Å². The van der Waals surface area contributed by atoms with E-state index in [0.717, 1.165) is 37.2 Å². The Morgan fingerprint density at radius 1 is 1.16 bits per heavy atom. The highest BCUT2D eigenvalue weighted by atomic mass is 16.6. The lowest BCUT2D eigenvalue weighted by molar-refractivity contribution is -0.384. The summed E-state index contributed by atoms with van der Waals surface area (Å²) in [5.74, 6) is 0.691. The molecule has 1 fully saturated rings. The number of amides is 1. The van der Waals surface area contributed by atoms with Gasteiger partial charge in [0.15, 0.2) is 0 Å². The molecule has 0 spiro atoms. The Balaban J connectivity index is 1.62. The first-order chi connectivity index (χ1) is 15.0. The molecule has 1 amide bonds. The number of hydrogen-bond acceptors (Lipinski definition) is 6. The zero-order valence-corrected chi connectivity index (χ0v) is 17.6. The quantitative estimate of drug-likeness (QED) is 0.522. The maximum atomic E-state index is 13.2. The second-order valence-electron chi connectivity index (χ2n) is 7.92. The van der Waals surface area contributed by atoms with Crippen LogP contribution in [0, 0.1) is 10.1 Å². The van der Waals surface area contributed by atoms with E-state index in [1.54, 1.807) is 24.3 Å². The average Bonchev–Trinajstić information content (AvgIpc) is 3.26. The van der Waals surface area contributed by atoms with Crippen molar-refractivity contribution in [3.8, 4) is 5.75 Å². The summed E-state index contributed by atoms with van der Waals surface area (Å²) in [4.78, 5) is 26.2. The van der Waals surface area contributed by atoms with Crippen molar-refractivity contribution >= 4 is 17.3 Å². The van der Waals surface area contributed by atoms with Crippen molar-refractivity contribution in [1.82, 2.24) is 9.91 Å². The Morgan fingerprint density at radius 3 is 2.58 bits per heavy atom. The standard InChI is InChI=1S/C23H26N4O4/c1-31-20-10-8-17(9-11-20)22-15-21(18-6-5-7-19(14-18)27(29)30)24-26(22)23(28)16-25-12-3-2-4-13-25/h5-11,14,22H,2-4,12-13,15-16H2,1H3. The summed E-state index contributed by atoms with van der Waals surface area (Å²) in [6.45, 7) is 2.18. The zero-order chi connectivity index (χ0) is 21.8. The fraction of sp³-hybridized carbons (Fsp3) is 0.391. The van der Waals surface area contributed by atoms with E-state index in [2.05, 4.69) is 10.0 Å². The largest absolute Gasteiger partial charge is 0.497 e. The van der Waals surface area contributed by atoms with Crippen LogP contribution in [0.4, 0.5) is 5.69 Å². The molecule has 4 rings (SSSR count). The fourth-order valence-corrected chi connectivity index (χ4v) is 4.18. The summed E-state index contributed by atoms with van der Waals surface area (Å²) in [6.07, 6.45) is 3.92. The number of carbonyl (C=O) groups excluding carboxylic acids is 1. The molecule has 162 valence electrons. The molecule has 8 heteroatoms. The molecule has 0 aromatic heterocycles. The number of non-ortho nitro benzene ring substituents is 1. The van der Waals surface area contributed by atoms with E-state index in [4.69, 9.17) is 4.74 Å². The fourth-order valence-electron chi connectivity index (χ4n) is 4.18. The van der Waals surface area contributed by atoms with Crippen LogP contribution in [-0.4, -0.2) is 53.2 Å². The Labute approximate surface area is 181 Å². The van der Waals surface area contributed by atoms with E-state index in [1.807, 2.05) is 24.3 Å². The van der Waals surface area contributed by atoms with E-state index < -0.39 is 4.92 Å². The molecule has 1 saturated heterocycles. The van der Waals surface area contributed by atoms with Gasteiger partial charge in [-0.25, -0.2) is 5.01 Å². The van der Waals surface area contributed by atoms with Crippen LogP contribution in [0.5, 0.6) is 5.75 Å². The highest BCUT2D eigenvalue weighted by Gasteiger charge is 2.34. The number of carbonyl (C=O) groups is 1. The maximum absolute atomic E-state index is 13.2. The zero-order valence-electron chi connectivity index (χ0n) is 17.6. The molecule has 1 unspecified atom stereocenters. The molecule has 8 nitrogen and oxygen atoms in total. The molecule has 0 bridgehead atoms. The third kappa shape index (κ3) is 4.74. The molecular weight excluding hydrogens is 396 g/mol. The SMILES string of the molecule is COc1ccc(C2CC(c3cccc([N+](=O)[O-])c3)=NN2C(=O)CN2CCCCC2)cc1. The Hall–Kier alpha value is -3.26. The van der Waals surface area contributed by atoms with Gasteiger partial charge in [0, 0.05) is 24.1 Å². The number of piperidine rings is 1. The van der Waals surface area contributed by atoms with E-state index >= 15 is 0 Å². The van der Waals surface area contributed by atoms with Gasteiger partial charge in [-0.15, -0.1) is 0 Å². The van der Waals surface area contributed by atoms with Gasteiger partial charge in [-0.2, -0.15) is 5.10 Å². The van der Waals surface area contributed by atoms with Crippen molar-refractivity contribution in [2.24, 2.45) is 5.10 Å². The maximum Gasteiger partial charge on any atom is 0.270 e. The minimum absolute atomic E-state index is 0.0132. The molecular formula is C23H26N4O4. The minimum Gasteiger partial charge on any atom is -0.497 e. The number of rotatable bonds is 6. The van der Waals surface area contributed by atoms with Crippen LogP contribution in [0.1, 0.15) is 42.9 Å². The van der Waals surface area contributed by atoms with Crippen LogP contribution >= 0.6 is 0 Å². The number of ether oxygens (including phenoxy) is 1. The molecule has 2 aromatic rings. The lowest BCUT2D eigenvalue weighted by Crippen LogP contribution is -2.40. The third-order valence-corrected chi connectivity index (χ3v) is 5.86. The van der Waals surface area contributed by atoms with E-state index in [0.29, 0.717) is 24.2 Å². The number of hydrazone groups is 1. The van der Waals surface area contributed by atoms with Gasteiger partial charge in [0.1, 0.15) is 5.75 Å². The van der Waals surface area contributed by atoms with Crippen LogP contribution in [0.15, 0.2) is 53.6 Å². The molecule has 0 aliphatic carbocycles. The van der Waals surface area contributed by atoms with Gasteiger partial charge >= 0.3 is 0 Å². The van der Waals surface area contributed by atoms with E-state index in [1.165, 1.54) is 18.6 Å². The number of nitro groups is 1. The average molecular weight is 422 g/mol. The first-order valence-corrected chi connectivity index (χ1v) is 10.6. The van der Waals surface area contributed by atoms with Crippen molar-refractivity contribution in [3.05, 3.63) is 69.8 Å². The van der Waals surface area contributed by atoms with Crippen molar-refractivity contribution in [3.63, 3.8) is 0 Å². The summed E-state index contributed by atoms with van der Waals surface area (Å²) < 4.78 is 5.25. The summed E-state index contributed by atoms with van der Waals surface area (Å²) in [6, 6.07) is 13.8. The lowest BCUT2D eigenvalue weighted by Gasteiger charge is -2.29. The first-order valence-electron chi connectivity index (χ1n) is 10.6. The molecule has 2 aliphatic heterocycles. The van der Waals surface area contributed by atoms with Gasteiger partial charge in [0.25, 0.3) is 11.6 Å². The number of benzene rings is 2. The summed E-state index contributed by atoms with van der Waals surface area (Å²) in [5.41, 5.74) is 2.31. The normalized spacial score (nSPS) is 19.2. The molecule has 2 heterocycles. The molecule has 0 saturated carbocycles. The van der Waals surface area contributed by atoms with E-state index in [-0.39, 0.29) is 17.6 Å². The summed E-state index contributed by atoms with van der Waals surface area (Å²) in [7, 11) is 1.61. The van der Waals surface area contributed by atoms with E-state index in [9.17, 15) is 14.9 Å². The van der Waals surface area contributed by atoms with Crippen LogP contribution in [0.25, 0.3) is 0 Å². The minimum atomic E-state index is -0.417. The second-order valence-corrected chi connectivity index (χ2v) is 7.92. The highest BCUT2D eigenvalue weighted by molar-refractivity contribution is 6.03. The topological polar surface area (TPSA) is 88.3 Å². The van der Waals surface area contributed by atoms with Gasteiger partial charge in [-0.3, -0.25) is 19.8 Å². The van der Waals surface area contributed by atoms with Gasteiger partial charge in [0.05, 0.1) is 30.3 Å². The molecule has 2 aliphatic rings. The number of hydrogen-bond donors (Lipinski definition) is 0. The third-order valence-electron chi connectivity index (χ3n) is 5.86. The van der Waals surface area contributed by atoms with Crippen molar-refractivity contribution in [2.45, 2.75) is 31.7 Å². The smallest absolute Gasteiger partial charge is 0.270 e. The second kappa shape index (κ2) is 9.26. The molecule has 2 aromatic carbocycles. The van der Waals surface area contributed by atoms with Crippen LogP contribution in [0.2, 0.25) is 0 Å². The number of likely N-dealkylation sites (tertiary alicyclic amines) is 1. The van der Waals surface area contributed by atoms with Gasteiger partial charge in [-0.05, 0) is 43.6 Å². The highest BCUT2D eigenvalue weighted by Crippen LogP contribution is 2.34. The molecule has 1 atom stereocenters. The van der Waals surface area contributed by atoms with Crippen molar-refractivity contribution < 1.29 is 14.5 Å². The predicted octanol–water partition coefficient (Wildman–Crippen LogP) is 3.77. The Morgan fingerprint density at radius 2 is 1.90 bits per heavy atom. The molecule has 0 radical (unpaired) electrons. The number of methoxy groups -OCH3 is 1. The van der Waals surface area contributed by atoms with Crippen LogP contribution in [0.3, 0.4) is 0 Å². The molecule has 0 N–H and O–H groups in total. The van der Waals surface area contributed by atoms with Gasteiger partial charge in [0.2, 0.25) is 0 Å². The Bertz CT molecular complexity index is 983. The van der Waals surface area contributed by atoms with Gasteiger partial charge in [-0.1, -0.05) is 30.7 Å². The summed E-state index contributed by atoms with van der Waals surface area (Å²) in [5, 5.41) is 17.4. The number of nitrogens with zero attached hydrogens (tertiary/aromatic N) is 4. The summed E-state index contributed by atoms with van der Waals surface area (Å²) >= 11 is 0. The first kappa shape index (κ1) is 21.0. The molecule has 31 heavy (non-hydrogen) atoms. The van der Waals surface area contributed by atoms with Crippen LogP contribution in [-0.2, 0) is 4.79 Å². The van der Waals surface area contributed by atoms with Gasteiger partial charge < -0.3 is 4.74 Å². The number of nitro benzene ring substituents is 1. The Kier molecular flexibility index (Phi) is 6.27.